The molecular formula is C28H34N4O4S. The lowest BCUT2D eigenvalue weighted by atomic mass is 10.1. The number of hydrogen-bond donors (Lipinski definition) is 2. The summed E-state index contributed by atoms with van der Waals surface area (Å²) in [4.78, 5) is 31.0. The normalized spacial score (nSPS) is 18.1. The fourth-order valence-corrected chi connectivity index (χ4v) is 6.19. The molecule has 37 heavy (non-hydrogen) atoms. The van der Waals surface area contributed by atoms with E-state index in [9.17, 15) is 9.59 Å². The summed E-state index contributed by atoms with van der Waals surface area (Å²) in [5, 5.41) is 7.41. The average Bonchev–Trinajstić information content (AvgIpc) is 3.57. The van der Waals surface area contributed by atoms with Crippen LogP contribution in [0.25, 0.3) is 11.0 Å². The maximum absolute atomic E-state index is 13.1. The van der Waals surface area contributed by atoms with Gasteiger partial charge in [0, 0.05) is 24.6 Å². The number of carbonyl (C=O) groups is 2. The number of esters is 1. The van der Waals surface area contributed by atoms with Gasteiger partial charge in [0.05, 0.1) is 37.2 Å². The fraction of sp³-hybridized carbons (Fsp3) is 0.464. The second-order valence-corrected chi connectivity index (χ2v) is 10.9. The Balaban J connectivity index is 1.50. The Bertz CT molecular complexity index is 1230. The third-order valence-electron chi connectivity index (χ3n) is 7.11. The molecule has 5 rings (SSSR count). The number of carbonyl (C=O) groups excluding carboxylic acids is 2. The van der Waals surface area contributed by atoms with Crippen molar-refractivity contribution in [1.29, 1.82) is 0 Å². The van der Waals surface area contributed by atoms with Gasteiger partial charge in [0.25, 0.3) is 0 Å². The van der Waals surface area contributed by atoms with Crippen LogP contribution in [0.4, 0.5) is 11.4 Å². The second-order valence-electron chi connectivity index (χ2n) is 9.63. The number of fused-ring (bicyclic) bond motifs is 1. The van der Waals surface area contributed by atoms with Crippen molar-refractivity contribution in [2.75, 3.05) is 42.5 Å². The molecule has 0 bridgehead atoms. The Labute approximate surface area is 221 Å². The van der Waals surface area contributed by atoms with Gasteiger partial charge >= 0.3 is 5.97 Å². The Morgan fingerprint density at radius 3 is 2.73 bits per heavy atom. The van der Waals surface area contributed by atoms with E-state index in [0.29, 0.717) is 49.2 Å². The van der Waals surface area contributed by atoms with Gasteiger partial charge in [0.2, 0.25) is 5.91 Å². The lowest BCUT2D eigenvalue weighted by molar-refractivity contribution is -0.119. The number of rotatable bonds is 9. The number of thioether (sulfide) groups is 1. The summed E-state index contributed by atoms with van der Waals surface area (Å²) >= 11 is 1.98. The number of ether oxygens (including phenoxy) is 2. The van der Waals surface area contributed by atoms with Gasteiger partial charge in [-0.2, -0.15) is 11.8 Å². The number of nitrogens with one attached hydrogen (secondary N) is 2. The number of anilines is 2. The molecule has 0 aliphatic carbocycles. The van der Waals surface area contributed by atoms with Gasteiger partial charge < -0.3 is 24.7 Å². The standard InChI is InChI=1S/C28H34N4O4S/c1-35-28(34)25-24(31-27(33)20-9-13-36-18-20)23-16-22(30-21-10-14-37-15-11-21)17-29-26(23)32(25)12-5-8-19-6-3-2-4-7-19/h2-4,6-7,16-17,20-21,30H,5,8-15,18H2,1H3,(H,31,33)/t20-/m0/s1. The maximum Gasteiger partial charge on any atom is 0.356 e. The van der Waals surface area contributed by atoms with Crippen molar-refractivity contribution in [1.82, 2.24) is 9.55 Å². The van der Waals surface area contributed by atoms with Crippen molar-refractivity contribution in [2.24, 2.45) is 5.92 Å². The predicted molar refractivity (Wildman–Crippen MR) is 147 cm³/mol. The monoisotopic (exact) mass is 522 g/mol. The first-order chi connectivity index (χ1) is 18.1. The highest BCUT2D eigenvalue weighted by Gasteiger charge is 2.30. The number of aromatic nitrogens is 2. The molecule has 9 heteroatoms. The lowest BCUT2D eigenvalue weighted by Crippen LogP contribution is -2.24. The summed E-state index contributed by atoms with van der Waals surface area (Å²) in [7, 11) is 1.37. The summed E-state index contributed by atoms with van der Waals surface area (Å²) < 4.78 is 12.5. The summed E-state index contributed by atoms with van der Waals surface area (Å²) in [5.74, 6) is 1.41. The summed E-state index contributed by atoms with van der Waals surface area (Å²) in [6, 6.07) is 12.7. The Morgan fingerprint density at radius 2 is 2.00 bits per heavy atom. The van der Waals surface area contributed by atoms with Crippen LogP contribution in [0.2, 0.25) is 0 Å². The zero-order chi connectivity index (χ0) is 25.6. The molecule has 8 nitrogen and oxygen atoms in total. The SMILES string of the molecule is COC(=O)c1c(NC(=O)[C@H]2CCOC2)c2cc(NC3CCSCC3)cnc2n1CCCc1ccccc1. The predicted octanol–water partition coefficient (Wildman–Crippen LogP) is 4.74. The lowest BCUT2D eigenvalue weighted by Gasteiger charge is -2.23. The molecule has 1 aromatic carbocycles. The van der Waals surface area contributed by atoms with E-state index in [4.69, 9.17) is 14.5 Å². The molecule has 2 aliphatic rings. The van der Waals surface area contributed by atoms with Gasteiger partial charge in [-0.3, -0.25) is 4.79 Å². The highest BCUT2D eigenvalue weighted by molar-refractivity contribution is 7.99. The fourth-order valence-electron chi connectivity index (χ4n) is 5.09. The van der Waals surface area contributed by atoms with E-state index in [1.807, 2.05) is 46.8 Å². The molecule has 2 N–H and O–H groups in total. The number of hydrogen-bond acceptors (Lipinski definition) is 7. The van der Waals surface area contributed by atoms with Crippen LogP contribution in [0.3, 0.4) is 0 Å². The smallest absolute Gasteiger partial charge is 0.356 e. The van der Waals surface area contributed by atoms with Crippen LogP contribution >= 0.6 is 11.8 Å². The molecule has 2 aliphatic heterocycles. The molecule has 2 saturated heterocycles. The van der Waals surface area contributed by atoms with E-state index in [1.54, 1.807) is 0 Å². The van der Waals surface area contributed by atoms with Crippen LogP contribution in [0.15, 0.2) is 42.6 Å². The van der Waals surface area contributed by atoms with Crippen molar-refractivity contribution in [2.45, 2.75) is 44.7 Å². The van der Waals surface area contributed by atoms with Crippen LogP contribution < -0.4 is 10.6 Å². The minimum absolute atomic E-state index is 0.145. The quantitative estimate of drug-likeness (QED) is 0.392. The van der Waals surface area contributed by atoms with E-state index in [0.717, 1.165) is 48.3 Å². The molecule has 0 spiro atoms. The van der Waals surface area contributed by atoms with Gasteiger partial charge in [0.15, 0.2) is 5.69 Å². The number of nitrogens with zero attached hydrogens (tertiary/aromatic N) is 2. The molecule has 196 valence electrons. The summed E-state index contributed by atoms with van der Waals surface area (Å²) in [6.45, 7) is 1.52. The van der Waals surface area contributed by atoms with Crippen LogP contribution in [0.5, 0.6) is 0 Å². The third kappa shape index (κ3) is 5.93. The van der Waals surface area contributed by atoms with Gasteiger partial charge in [-0.25, -0.2) is 9.78 Å². The van der Waals surface area contributed by atoms with Crippen molar-refractivity contribution < 1.29 is 19.1 Å². The topological polar surface area (TPSA) is 94.5 Å². The first-order valence-electron chi connectivity index (χ1n) is 13.0. The van der Waals surface area contributed by atoms with E-state index in [2.05, 4.69) is 22.8 Å². The van der Waals surface area contributed by atoms with E-state index < -0.39 is 5.97 Å². The van der Waals surface area contributed by atoms with Crippen molar-refractivity contribution in [3.05, 3.63) is 53.9 Å². The first-order valence-corrected chi connectivity index (χ1v) is 14.2. The average molecular weight is 523 g/mol. The number of methoxy groups -OCH3 is 1. The molecule has 1 atom stereocenters. The highest BCUT2D eigenvalue weighted by atomic mass is 32.2. The molecule has 0 radical (unpaired) electrons. The third-order valence-corrected chi connectivity index (χ3v) is 8.16. The minimum Gasteiger partial charge on any atom is -0.464 e. The van der Waals surface area contributed by atoms with Gasteiger partial charge in [0.1, 0.15) is 5.65 Å². The van der Waals surface area contributed by atoms with Crippen LogP contribution in [-0.2, 0) is 27.2 Å². The zero-order valence-electron chi connectivity index (χ0n) is 21.2. The van der Waals surface area contributed by atoms with Crippen LogP contribution in [-0.4, -0.2) is 59.3 Å². The largest absolute Gasteiger partial charge is 0.464 e. The van der Waals surface area contributed by atoms with Crippen LogP contribution in [0, 0.1) is 5.92 Å². The van der Waals surface area contributed by atoms with Gasteiger partial charge in [-0.15, -0.1) is 0 Å². The molecule has 2 fully saturated rings. The van der Waals surface area contributed by atoms with E-state index in [1.165, 1.54) is 12.7 Å². The Morgan fingerprint density at radius 1 is 1.19 bits per heavy atom. The van der Waals surface area contributed by atoms with E-state index >= 15 is 0 Å². The molecule has 4 heterocycles. The van der Waals surface area contributed by atoms with Crippen molar-refractivity contribution in [3.8, 4) is 0 Å². The molecule has 2 aromatic heterocycles. The van der Waals surface area contributed by atoms with Gasteiger partial charge in [-0.05, 0) is 55.2 Å². The molecular weight excluding hydrogens is 488 g/mol. The summed E-state index contributed by atoms with van der Waals surface area (Å²) in [6.07, 6.45) is 6.36. The molecule has 3 aromatic rings. The van der Waals surface area contributed by atoms with Crippen LogP contribution in [0.1, 0.15) is 41.7 Å². The van der Waals surface area contributed by atoms with Crippen molar-refractivity contribution >= 4 is 46.0 Å². The van der Waals surface area contributed by atoms with E-state index in [-0.39, 0.29) is 11.8 Å². The Hall–Kier alpha value is -3.04. The Kier molecular flexibility index (Phi) is 8.31. The van der Waals surface area contributed by atoms with Gasteiger partial charge in [-0.1, -0.05) is 30.3 Å². The zero-order valence-corrected chi connectivity index (χ0v) is 22.0. The summed E-state index contributed by atoms with van der Waals surface area (Å²) in [5.41, 5.74) is 3.59. The number of aryl methyl sites for hydroxylation is 2. The number of benzene rings is 1. The molecule has 0 unspecified atom stereocenters. The van der Waals surface area contributed by atoms with Crippen molar-refractivity contribution in [3.63, 3.8) is 0 Å². The highest BCUT2D eigenvalue weighted by Crippen LogP contribution is 2.34. The molecule has 1 amide bonds. The number of pyridine rings is 1. The number of amides is 1. The second kappa shape index (κ2) is 12.0. The minimum atomic E-state index is -0.491. The molecule has 0 saturated carbocycles. The first kappa shape index (κ1) is 25.6. The maximum atomic E-state index is 13.1.